The van der Waals surface area contributed by atoms with Gasteiger partial charge in [-0.05, 0) is 37.1 Å². The lowest BCUT2D eigenvalue weighted by atomic mass is 10.0. The lowest BCUT2D eigenvalue weighted by molar-refractivity contribution is 0.241. The van der Waals surface area contributed by atoms with E-state index >= 15 is 0 Å². The summed E-state index contributed by atoms with van der Waals surface area (Å²) < 4.78 is 13.3. The van der Waals surface area contributed by atoms with Crippen molar-refractivity contribution in [2.24, 2.45) is 0 Å². The van der Waals surface area contributed by atoms with Gasteiger partial charge in [-0.15, -0.1) is 0 Å². The molecule has 0 bridgehead atoms. The number of benzene rings is 1. The van der Waals surface area contributed by atoms with Gasteiger partial charge in [0.05, 0.1) is 6.04 Å². The van der Waals surface area contributed by atoms with Crippen molar-refractivity contribution in [2.45, 2.75) is 44.8 Å². The average Bonchev–Trinajstić information content (AvgIpc) is 2.62. The van der Waals surface area contributed by atoms with Crippen LogP contribution in [-0.2, 0) is 19.5 Å². The molecule has 1 aromatic heterocycles. The molecule has 1 unspecified atom stereocenters. The van der Waals surface area contributed by atoms with Gasteiger partial charge in [0.2, 0.25) is 0 Å². The lowest BCUT2D eigenvalue weighted by Crippen LogP contribution is -2.33. The molecular formula is C19H23FN4. The molecule has 1 fully saturated rings. The highest BCUT2D eigenvalue weighted by Crippen LogP contribution is 2.23. The molecule has 0 saturated carbocycles. The Morgan fingerprint density at radius 1 is 1.29 bits per heavy atom. The van der Waals surface area contributed by atoms with Crippen molar-refractivity contribution in [1.29, 1.82) is 0 Å². The van der Waals surface area contributed by atoms with Gasteiger partial charge in [-0.2, -0.15) is 0 Å². The Morgan fingerprint density at radius 2 is 2.25 bits per heavy atom. The predicted octanol–water partition coefficient (Wildman–Crippen LogP) is 2.99. The van der Waals surface area contributed by atoms with Crippen LogP contribution >= 0.6 is 0 Å². The van der Waals surface area contributed by atoms with Crippen molar-refractivity contribution in [2.75, 3.05) is 13.1 Å². The molecule has 4 rings (SSSR count). The van der Waals surface area contributed by atoms with Gasteiger partial charge >= 0.3 is 0 Å². The van der Waals surface area contributed by atoms with Gasteiger partial charge in [-0.3, -0.25) is 4.90 Å². The fourth-order valence-electron chi connectivity index (χ4n) is 3.66. The van der Waals surface area contributed by atoms with Crippen LogP contribution in [0.1, 0.15) is 47.9 Å². The van der Waals surface area contributed by atoms with Crippen molar-refractivity contribution in [3.63, 3.8) is 0 Å². The molecule has 0 aliphatic carbocycles. The van der Waals surface area contributed by atoms with Crippen LogP contribution in [0.3, 0.4) is 0 Å². The van der Waals surface area contributed by atoms with E-state index in [9.17, 15) is 4.39 Å². The molecule has 5 heteroatoms. The van der Waals surface area contributed by atoms with Gasteiger partial charge in [0.15, 0.2) is 0 Å². The van der Waals surface area contributed by atoms with Gasteiger partial charge in [-0.1, -0.05) is 18.6 Å². The zero-order chi connectivity index (χ0) is 16.4. The lowest BCUT2D eigenvalue weighted by Gasteiger charge is -2.29. The SMILES string of the molecule is Fc1cccc(CN2CCc3nc(C4CCCCN4)ncc3C2)c1. The predicted molar refractivity (Wildman–Crippen MR) is 90.8 cm³/mol. The molecule has 126 valence electrons. The molecule has 1 N–H and O–H groups in total. The second kappa shape index (κ2) is 6.95. The number of aromatic nitrogens is 2. The molecule has 1 atom stereocenters. The van der Waals surface area contributed by atoms with E-state index in [0.717, 1.165) is 50.4 Å². The first-order valence-corrected chi connectivity index (χ1v) is 8.83. The summed E-state index contributed by atoms with van der Waals surface area (Å²) in [6.07, 6.45) is 6.55. The Bertz CT molecular complexity index is 712. The first-order valence-electron chi connectivity index (χ1n) is 8.83. The van der Waals surface area contributed by atoms with Crippen LogP contribution in [0.15, 0.2) is 30.5 Å². The van der Waals surface area contributed by atoms with Crippen molar-refractivity contribution < 1.29 is 4.39 Å². The highest BCUT2D eigenvalue weighted by Gasteiger charge is 2.22. The summed E-state index contributed by atoms with van der Waals surface area (Å²) in [7, 11) is 0. The summed E-state index contributed by atoms with van der Waals surface area (Å²) >= 11 is 0. The Kier molecular flexibility index (Phi) is 4.54. The monoisotopic (exact) mass is 326 g/mol. The smallest absolute Gasteiger partial charge is 0.145 e. The van der Waals surface area contributed by atoms with Crippen molar-refractivity contribution in [3.05, 3.63) is 58.9 Å². The van der Waals surface area contributed by atoms with Gasteiger partial charge in [0.1, 0.15) is 11.6 Å². The van der Waals surface area contributed by atoms with E-state index in [-0.39, 0.29) is 5.82 Å². The number of halogens is 1. The summed E-state index contributed by atoms with van der Waals surface area (Å²) in [5.74, 6) is 0.782. The summed E-state index contributed by atoms with van der Waals surface area (Å²) in [6.45, 7) is 3.62. The Balaban J connectivity index is 1.45. The fourth-order valence-corrected chi connectivity index (χ4v) is 3.66. The minimum atomic E-state index is -0.169. The third-order valence-electron chi connectivity index (χ3n) is 4.95. The highest BCUT2D eigenvalue weighted by molar-refractivity contribution is 5.23. The van der Waals surface area contributed by atoms with Crippen molar-refractivity contribution >= 4 is 0 Å². The topological polar surface area (TPSA) is 41.1 Å². The number of piperidine rings is 1. The van der Waals surface area contributed by atoms with E-state index in [2.05, 4.69) is 15.2 Å². The van der Waals surface area contributed by atoms with Crippen LogP contribution < -0.4 is 5.32 Å². The molecule has 0 radical (unpaired) electrons. The van der Waals surface area contributed by atoms with Gasteiger partial charge < -0.3 is 5.32 Å². The Labute approximate surface area is 142 Å². The Hall–Kier alpha value is -1.85. The van der Waals surface area contributed by atoms with Gasteiger partial charge in [-0.25, -0.2) is 14.4 Å². The molecule has 4 nitrogen and oxygen atoms in total. The third kappa shape index (κ3) is 3.47. The van der Waals surface area contributed by atoms with Crippen LogP contribution in [0.4, 0.5) is 4.39 Å². The summed E-state index contributed by atoms with van der Waals surface area (Å²) in [6, 6.07) is 7.17. The first-order chi connectivity index (χ1) is 11.8. The molecule has 3 heterocycles. The minimum absolute atomic E-state index is 0.169. The molecular weight excluding hydrogens is 303 g/mol. The number of fused-ring (bicyclic) bond motifs is 1. The van der Waals surface area contributed by atoms with Crippen LogP contribution in [0, 0.1) is 5.82 Å². The zero-order valence-electron chi connectivity index (χ0n) is 13.8. The standard InChI is InChI=1S/C19H23FN4/c20-16-5-3-4-14(10-16)12-24-9-7-17-15(13-24)11-22-19(23-17)18-6-1-2-8-21-18/h3-5,10-11,18,21H,1-2,6-9,12-13H2. The number of hydrogen-bond acceptors (Lipinski definition) is 4. The zero-order valence-corrected chi connectivity index (χ0v) is 13.8. The second-order valence-electron chi connectivity index (χ2n) is 6.79. The molecule has 0 amide bonds. The summed E-state index contributed by atoms with van der Waals surface area (Å²) in [5, 5.41) is 3.52. The van der Waals surface area contributed by atoms with Gasteiger partial charge in [0.25, 0.3) is 0 Å². The quantitative estimate of drug-likeness (QED) is 0.941. The maximum absolute atomic E-state index is 13.3. The Morgan fingerprint density at radius 3 is 3.08 bits per heavy atom. The molecule has 1 aromatic carbocycles. The average molecular weight is 326 g/mol. The van der Waals surface area contributed by atoms with E-state index in [4.69, 9.17) is 4.98 Å². The summed E-state index contributed by atoms with van der Waals surface area (Å²) in [4.78, 5) is 11.8. The summed E-state index contributed by atoms with van der Waals surface area (Å²) in [5.41, 5.74) is 3.41. The molecule has 2 aromatic rings. The molecule has 0 spiro atoms. The van der Waals surface area contributed by atoms with E-state index in [0.29, 0.717) is 6.04 Å². The maximum atomic E-state index is 13.3. The number of nitrogens with one attached hydrogen (secondary N) is 1. The van der Waals surface area contributed by atoms with Gasteiger partial charge in [0, 0.05) is 43.5 Å². The van der Waals surface area contributed by atoms with Crippen LogP contribution in [-0.4, -0.2) is 28.0 Å². The normalized spacial score (nSPS) is 21.5. The molecule has 2 aliphatic rings. The van der Waals surface area contributed by atoms with E-state index in [1.807, 2.05) is 12.3 Å². The van der Waals surface area contributed by atoms with E-state index in [1.54, 1.807) is 12.1 Å². The third-order valence-corrected chi connectivity index (χ3v) is 4.95. The number of nitrogens with zero attached hydrogens (tertiary/aromatic N) is 3. The van der Waals surface area contributed by atoms with Crippen molar-refractivity contribution in [3.8, 4) is 0 Å². The van der Waals surface area contributed by atoms with Crippen LogP contribution in [0.5, 0.6) is 0 Å². The number of rotatable bonds is 3. The minimum Gasteiger partial charge on any atom is -0.307 e. The van der Waals surface area contributed by atoms with Crippen LogP contribution in [0.2, 0.25) is 0 Å². The molecule has 1 saturated heterocycles. The van der Waals surface area contributed by atoms with E-state index in [1.165, 1.54) is 30.2 Å². The largest absolute Gasteiger partial charge is 0.307 e. The highest BCUT2D eigenvalue weighted by atomic mass is 19.1. The number of hydrogen-bond donors (Lipinski definition) is 1. The molecule has 24 heavy (non-hydrogen) atoms. The second-order valence-corrected chi connectivity index (χ2v) is 6.79. The fraction of sp³-hybridized carbons (Fsp3) is 0.474. The molecule has 2 aliphatic heterocycles. The first kappa shape index (κ1) is 15.7. The maximum Gasteiger partial charge on any atom is 0.145 e. The van der Waals surface area contributed by atoms with Crippen molar-refractivity contribution in [1.82, 2.24) is 20.2 Å². The van der Waals surface area contributed by atoms with Crippen LogP contribution in [0.25, 0.3) is 0 Å². The van der Waals surface area contributed by atoms with E-state index < -0.39 is 0 Å².